The number of aryl methyl sites for hydroxylation is 1. The lowest BCUT2D eigenvalue weighted by Gasteiger charge is -2.07. The van der Waals surface area contributed by atoms with E-state index in [2.05, 4.69) is 5.32 Å². The Labute approximate surface area is 140 Å². The summed E-state index contributed by atoms with van der Waals surface area (Å²) in [5.74, 6) is 1.39. The number of rotatable bonds is 7. The molecular formula is C17H18ClNO2S. The van der Waals surface area contributed by atoms with Crippen LogP contribution in [0.5, 0.6) is 5.75 Å². The third-order valence-corrected chi connectivity index (χ3v) is 4.16. The molecule has 0 aliphatic heterocycles. The second-order valence-electron chi connectivity index (χ2n) is 4.75. The number of ether oxygens (including phenoxy) is 1. The topological polar surface area (TPSA) is 38.3 Å². The van der Waals surface area contributed by atoms with Crippen LogP contribution in [0.2, 0.25) is 5.02 Å². The Morgan fingerprint density at radius 1 is 1.14 bits per heavy atom. The SMILES string of the molecule is Cc1ccc(OCC(=O)NCCSc2ccc(Cl)cc2)cc1. The standard InChI is InChI=1S/C17H18ClNO2S/c1-13-2-6-15(7-3-13)21-12-17(20)19-10-11-22-16-8-4-14(18)5-9-16/h2-9H,10-12H2,1H3,(H,19,20). The van der Waals surface area contributed by atoms with E-state index in [4.69, 9.17) is 16.3 Å². The smallest absolute Gasteiger partial charge is 0.257 e. The zero-order valence-corrected chi connectivity index (χ0v) is 13.9. The normalized spacial score (nSPS) is 10.3. The Balaban J connectivity index is 1.61. The minimum atomic E-state index is -0.114. The molecule has 0 radical (unpaired) electrons. The summed E-state index contributed by atoms with van der Waals surface area (Å²) in [6, 6.07) is 15.3. The van der Waals surface area contributed by atoms with E-state index >= 15 is 0 Å². The maximum absolute atomic E-state index is 11.7. The molecule has 0 aliphatic carbocycles. The van der Waals surface area contributed by atoms with E-state index in [9.17, 15) is 4.79 Å². The van der Waals surface area contributed by atoms with E-state index in [1.165, 1.54) is 0 Å². The number of carbonyl (C=O) groups is 1. The molecule has 0 atom stereocenters. The van der Waals surface area contributed by atoms with Gasteiger partial charge < -0.3 is 10.1 Å². The van der Waals surface area contributed by atoms with Crippen LogP contribution in [0.15, 0.2) is 53.4 Å². The number of nitrogens with one attached hydrogen (secondary N) is 1. The number of amides is 1. The Hall–Kier alpha value is -1.65. The maximum atomic E-state index is 11.7. The molecule has 0 saturated heterocycles. The molecule has 2 aromatic rings. The van der Waals surface area contributed by atoms with Gasteiger partial charge in [0.15, 0.2) is 6.61 Å². The molecule has 5 heteroatoms. The van der Waals surface area contributed by atoms with Crippen molar-refractivity contribution in [2.24, 2.45) is 0 Å². The highest BCUT2D eigenvalue weighted by molar-refractivity contribution is 7.99. The van der Waals surface area contributed by atoms with Crippen molar-refractivity contribution in [2.75, 3.05) is 18.9 Å². The first-order valence-electron chi connectivity index (χ1n) is 6.98. The molecule has 0 fully saturated rings. The summed E-state index contributed by atoms with van der Waals surface area (Å²) in [5, 5.41) is 3.56. The van der Waals surface area contributed by atoms with Gasteiger partial charge in [-0.1, -0.05) is 29.3 Å². The van der Waals surface area contributed by atoms with E-state index in [1.54, 1.807) is 11.8 Å². The first-order valence-corrected chi connectivity index (χ1v) is 8.34. The first-order chi connectivity index (χ1) is 10.6. The molecular weight excluding hydrogens is 318 g/mol. The van der Waals surface area contributed by atoms with Crippen LogP contribution in [0.1, 0.15) is 5.56 Å². The largest absolute Gasteiger partial charge is 0.484 e. The summed E-state index contributed by atoms with van der Waals surface area (Å²) >= 11 is 7.50. The molecule has 0 unspecified atom stereocenters. The molecule has 22 heavy (non-hydrogen) atoms. The number of thioether (sulfide) groups is 1. The van der Waals surface area contributed by atoms with E-state index in [0.29, 0.717) is 12.3 Å². The molecule has 116 valence electrons. The number of hydrogen-bond donors (Lipinski definition) is 1. The van der Waals surface area contributed by atoms with Gasteiger partial charge in [-0.05, 0) is 43.3 Å². The summed E-state index contributed by atoms with van der Waals surface area (Å²) in [7, 11) is 0. The Morgan fingerprint density at radius 3 is 2.50 bits per heavy atom. The third kappa shape index (κ3) is 6.00. The number of halogens is 1. The van der Waals surface area contributed by atoms with E-state index in [1.807, 2.05) is 55.5 Å². The zero-order valence-electron chi connectivity index (χ0n) is 12.3. The molecule has 0 aromatic heterocycles. The van der Waals surface area contributed by atoms with Crippen molar-refractivity contribution in [1.29, 1.82) is 0 Å². The molecule has 1 N–H and O–H groups in total. The molecule has 0 heterocycles. The van der Waals surface area contributed by atoms with E-state index in [-0.39, 0.29) is 12.5 Å². The van der Waals surface area contributed by atoms with Crippen LogP contribution in [0.4, 0.5) is 0 Å². The highest BCUT2D eigenvalue weighted by atomic mass is 35.5. The Bertz CT molecular complexity index is 599. The van der Waals surface area contributed by atoms with Crippen molar-refractivity contribution in [2.45, 2.75) is 11.8 Å². The van der Waals surface area contributed by atoms with Gasteiger partial charge in [0.05, 0.1) is 0 Å². The van der Waals surface area contributed by atoms with Gasteiger partial charge >= 0.3 is 0 Å². The van der Waals surface area contributed by atoms with Crippen LogP contribution < -0.4 is 10.1 Å². The lowest BCUT2D eigenvalue weighted by Crippen LogP contribution is -2.30. The molecule has 0 saturated carbocycles. The third-order valence-electron chi connectivity index (χ3n) is 2.90. The van der Waals surface area contributed by atoms with Gasteiger partial charge in [0, 0.05) is 22.2 Å². The fourth-order valence-electron chi connectivity index (χ4n) is 1.72. The van der Waals surface area contributed by atoms with Crippen LogP contribution >= 0.6 is 23.4 Å². The summed E-state index contributed by atoms with van der Waals surface area (Å²) < 4.78 is 5.42. The number of benzene rings is 2. The van der Waals surface area contributed by atoms with Crippen LogP contribution in [-0.4, -0.2) is 24.8 Å². The molecule has 0 spiro atoms. The minimum Gasteiger partial charge on any atom is -0.484 e. The van der Waals surface area contributed by atoms with Gasteiger partial charge in [-0.2, -0.15) is 0 Å². The van der Waals surface area contributed by atoms with Crippen LogP contribution in [0.3, 0.4) is 0 Å². The average molecular weight is 336 g/mol. The van der Waals surface area contributed by atoms with Crippen molar-refractivity contribution < 1.29 is 9.53 Å². The van der Waals surface area contributed by atoms with Crippen LogP contribution in [0.25, 0.3) is 0 Å². The predicted octanol–water partition coefficient (Wildman–Crippen LogP) is 3.94. The van der Waals surface area contributed by atoms with Gasteiger partial charge in [0.2, 0.25) is 0 Å². The van der Waals surface area contributed by atoms with Gasteiger partial charge in [-0.25, -0.2) is 0 Å². The molecule has 1 amide bonds. The molecule has 0 aliphatic rings. The van der Waals surface area contributed by atoms with Gasteiger partial charge in [-0.3, -0.25) is 4.79 Å². The zero-order chi connectivity index (χ0) is 15.8. The van der Waals surface area contributed by atoms with Crippen LogP contribution in [0, 0.1) is 6.92 Å². The monoisotopic (exact) mass is 335 g/mol. The van der Waals surface area contributed by atoms with Crippen molar-refractivity contribution in [3.63, 3.8) is 0 Å². The second-order valence-corrected chi connectivity index (χ2v) is 6.36. The number of hydrogen-bond acceptors (Lipinski definition) is 3. The van der Waals surface area contributed by atoms with Crippen molar-refractivity contribution in [3.8, 4) is 5.75 Å². The lowest BCUT2D eigenvalue weighted by molar-refractivity contribution is -0.122. The van der Waals surface area contributed by atoms with Gasteiger partial charge in [0.25, 0.3) is 5.91 Å². The van der Waals surface area contributed by atoms with Crippen molar-refractivity contribution in [1.82, 2.24) is 5.32 Å². The average Bonchev–Trinajstić information content (AvgIpc) is 2.53. The summed E-state index contributed by atoms with van der Waals surface area (Å²) in [5.41, 5.74) is 1.16. The minimum absolute atomic E-state index is 0.0364. The first kappa shape index (κ1) is 16.7. The summed E-state index contributed by atoms with van der Waals surface area (Å²) in [6.07, 6.45) is 0. The summed E-state index contributed by atoms with van der Waals surface area (Å²) in [6.45, 7) is 2.65. The van der Waals surface area contributed by atoms with Gasteiger partial charge in [-0.15, -0.1) is 11.8 Å². The van der Waals surface area contributed by atoms with Gasteiger partial charge in [0.1, 0.15) is 5.75 Å². The van der Waals surface area contributed by atoms with E-state index < -0.39 is 0 Å². The van der Waals surface area contributed by atoms with Crippen molar-refractivity contribution in [3.05, 3.63) is 59.1 Å². The van der Waals surface area contributed by atoms with E-state index in [0.717, 1.165) is 21.2 Å². The van der Waals surface area contributed by atoms with Crippen molar-refractivity contribution >= 4 is 29.3 Å². The molecule has 3 nitrogen and oxygen atoms in total. The quantitative estimate of drug-likeness (QED) is 0.615. The Morgan fingerprint density at radius 2 is 1.82 bits per heavy atom. The Kier molecular flexibility index (Phi) is 6.62. The maximum Gasteiger partial charge on any atom is 0.257 e. The fourth-order valence-corrected chi connectivity index (χ4v) is 2.62. The highest BCUT2D eigenvalue weighted by Gasteiger charge is 2.02. The van der Waals surface area contributed by atoms with Crippen LogP contribution in [-0.2, 0) is 4.79 Å². The highest BCUT2D eigenvalue weighted by Crippen LogP contribution is 2.19. The number of carbonyl (C=O) groups excluding carboxylic acids is 1. The fraction of sp³-hybridized carbons (Fsp3) is 0.235. The lowest BCUT2D eigenvalue weighted by atomic mass is 10.2. The molecule has 0 bridgehead atoms. The predicted molar refractivity (Wildman–Crippen MR) is 91.9 cm³/mol. The molecule has 2 aromatic carbocycles. The summed E-state index contributed by atoms with van der Waals surface area (Å²) in [4.78, 5) is 12.8. The second kappa shape index (κ2) is 8.71. The molecule has 2 rings (SSSR count).